The molecule has 0 unspecified atom stereocenters. The highest BCUT2D eigenvalue weighted by atomic mass is 16.5. The Hall–Kier alpha value is -2.44. The number of hydrogen-bond acceptors (Lipinski definition) is 6. The number of rotatable bonds is 6. The molecule has 2 aromatic rings. The molecule has 6 nitrogen and oxygen atoms in total. The molecule has 0 heterocycles. The SMILES string of the molecule is CCC.OCCOc1ccc(O)cc1.OCCOc1ccc(O)cc1. The van der Waals surface area contributed by atoms with E-state index >= 15 is 0 Å². The maximum absolute atomic E-state index is 8.88. The van der Waals surface area contributed by atoms with Gasteiger partial charge in [-0.05, 0) is 48.5 Å². The summed E-state index contributed by atoms with van der Waals surface area (Å²) in [5, 5.41) is 34.6. The van der Waals surface area contributed by atoms with E-state index in [9.17, 15) is 0 Å². The summed E-state index contributed by atoms with van der Waals surface area (Å²) in [5.41, 5.74) is 0. The number of phenolic OH excluding ortho intramolecular Hbond substituents is 2. The molecule has 0 aliphatic rings. The van der Waals surface area contributed by atoms with Crippen LogP contribution < -0.4 is 9.47 Å². The van der Waals surface area contributed by atoms with Crippen molar-refractivity contribution in [1.29, 1.82) is 0 Å². The molecule has 0 radical (unpaired) electrons. The molecule has 4 N–H and O–H groups in total. The van der Waals surface area contributed by atoms with Gasteiger partial charge in [0.1, 0.15) is 36.2 Å². The fourth-order valence-electron chi connectivity index (χ4n) is 1.41. The van der Waals surface area contributed by atoms with E-state index in [2.05, 4.69) is 13.8 Å². The first kappa shape index (κ1) is 22.6. The molecule has 6 heteroatoms. The molecule has 140 valence electrons. The van der Waals surface area contributed by atoms with Crippen LogP contribution in [0.4, 0.5) is 0 Å². The highest BCUT2D eigenvalue weighted by Gasteiger charge is 1.92. The first-order valence-corrected chi connectivity index (χ1v) is 8.12. The Morgan fingerprint density at radius 1 is 0.640 bits per heavy atom. The lowest BCUT2D eigenvalue weighted by Gasteiger charge is -2.02. The number of hydrogen-bond donors (Lipinski definition) is 4. The molecule has 0 saturated heterocycles. The second-order valence-corrected chi connectivity index (χ2v) is 4.84. The number of ether oxygens (including phenoxy) is 2. The minimum atomic E-state index is 0.000869. The summed E-state index contributed by atoms with van der Waals surface area (Å²) < 4.78 is 10.1. The van der Waals surface area contributed by atoms with Crippen LogP contribution in [-0.2, 0) is 0 Å². The predicted octanol–water partition coefficient (Wildman–Crippen LogP) is 2.94. The molecule has 0 amide bonds. The molecule has 0 spiro atoms. The predicted molar refractivity (Wildman–Crippen MR) is 97.3 cm³/mol. The molecule has 0 bridgehead atoms. The van der Waals surface area contributed by atoms with Crippen LogP contribution in [0.1, 0.15) is 20.3 Å². The average Bonchev–Trinajstić information content (AvgIpc) is 2.62. The molecule has 0 fully saturated rings. The lowest BCUT2D eigenvalue weighted by Crippen LogP contribution is -2.00. The number of aliphatic hydroxyl groups excluding tert-OH is 2. The highest BCUT2D eigenvalue weighted by molar-refractivity contribution is 5.30. The largest absolute Gasteiger partial charge is 0.508 e. The third-order valence-electron chi connectivity index (χ3n) is 2.39. The lowest BCUT2D eigenvalue weighted by molar-refractivity contribution is 0.201. The number of benzene rings is 2. The topological polar surface area (TPSA) is 99.4 Å². The Morgan fingerprint density at radius 2 is 0.920 bits per heavy atom. The van der Waals surface area contributed by atoms with E-state index in [0.717, 1.165) is 0 Å². The van der Waals surface area contributed by atoms with Crippen LogP contribution in [0, 0.1) is 0 Å². The van der Waals surface area contributed by atoms with Crippen LogP contribution in [0.2, 0.25) is 0 Å². The van der Waals surface area contributed by atoms with E-state index in [-0.39, 0.29) is 37.9 Å². The Bertz CT molecular complexity index is 475. The van der Waals surface area contributed by atoms with Gasteiger partial charge in [0.2, 0.25) is 0 Å². The first-order valence-electron chi connectivity index (χ1n) is 8.12. The van der Waals surface area contributed by atoms with Gasteiger partial charge in [-0.3, -0.25) is 0 Å². The van der Waals surface area contributed by atoms with E-state index in [1.54, 1.807) is 24.3 Å². The normalized spacial score (nSPS) is 9.12. The van der Waals surface area contributed by atoms with Gasteiger partial charge < -0.3 is 29.9 Å². The average molecular weight is 352 g/mol. The molecule has 0 aliphatic heterocycles. The highest BCUT2D eigenvalue weighted by Crippen LogP contribution is 2.16. The number of aliphatic hydroxyl groups is 2. The summed E-state index contributed by atoms with van der Waals surface area (Å²) >= 11 is 0. The van der Waals surface area contributed by atoms with Gasteiger partial charge in [-0.2, -0.15) is 0 Å². The fourth-order valence-corrected chi connectivity index (χ4v) is 1.41. The fraction of sp³-hybridized carbons (Fsp3) is 0.368. The van der Waals surface area contributed by atoms with Crippen molar-refractivity contribution in [3.63, 3.8) is 0 Å². The van der Waals surface area contributed by atoms with Crippen LogP contribution >= 0.6 is 0 Å². The maximum Gasteiger partial charge on any atom is 0.119 e. The zero-order valence-electron chi connectivity index (χ0n) is 14.8. The molecule has 2 rings (SSSR count). The zero-order chi connectivity index (χ0) is 18.9. The van der Waals surface area contributed by atoms with Gasteiger partial charge in [-0.15, -0.1) is 0 Å². The Morgan fingerprint density at radius 3 is 1.16 bits per heavy atom. The third kappa shape index (κ3) is 12.6. The molecule has 0 atom stereocenters. The van der Waals surface area contributed by atoms with Gasteiger partial charge in [0.15, 0.2) is 0 Å². The van der Waals surface area contributed by atoms with Crippen LogP contribution in [0.25, 0.3) is 0 Å². The van der Waals surface area contributed by atoms with E-state index in [4.69, 9.17) is 29.9 Å². The van der Waals surface area contributed by atoms with Gasteiger partial charge in [-0.25, -0.2) is 0 Å². The van der Waals surface area contributed by atoms with Crippen LogP contribution in [0.5, 0.6) is 23.0 Å². The van der Waals surface area contributed by atoms with Gasteiger partial charge in [0.25, 0.3) is 0 Å². The van der Waals surface area contributed by atoms with Crippen molar-refractivity contribution in [2.24, 2.45) is 0 Å². The summed E-state index contributed by atoms with van der Waals surface area (Å²) in [4.78, 5) is 0. The van der Waals surface area contributed by atoms with Crippen LogP contribution in [-0.4, -0.2) is 46.9 Å². The summed E-state index contributed by atoms with van der Waals surface area (Å²) in [6, 6.07) is 12.7. The van der Waals surface area contributed by atoms with Crippen molar-refractivity contribution in [2.75, 3.05) is 26.4 Å². The molecule has 2 aromatic carbocycles. The molecular formula is C19H28O6. The van der Waals surface area contributed by atoms with Crippen molar-refractivity contribution in [3.8, 4) is 23.0 Å². The van der Waals surface area contributed by atoms with E-state index in [0.29, 0.717) is 11.5 Å². The van der Waals surface area contributed by atoms with Gasteiger partial charge in [-0.1, -0.05) is 20.3 Å². The van der Waals surface area contributed by atoms with Crippen molar-refractivity contribution in [2.45, 2.75) is 20.3 Å². The molecule has 0 aliphatic carbocycles. The lowest BCUT2D eigenvalue weighted by atomic mass is 10.3. The van der Waals surface area contributed by atoms with Crippen molar-refractivity contribution in [3.05, 3.63) is 48.5 Å². The third-order valence-corrected chi connectivity index (χ3v) is 2.39. The quantitative estimate of drug-likeness (QED) is 0.638. The minimum Gasteiger partial charge on any atom is -0.508 e. The summed E-state index contributed by atoms with van der Waals surface area (Å²) in [7, 11) is 0. The Kier molecular flexibility index (Phi) is 13.6. The second kappa shape index (κ2) is 15.1. The monoisotopic (exact) mass is 352 g/mol. The minimum absolute atomic E-state index is 0.000869. The molecule has 0 saturated carbocycles. The number of aromatic hydroxyl groups is 2. The van der Waals surface area contributed by atoms with Crippen molar-refractivity contribution >= 4 is 0 Å². The van der Waals surface area contributed by atoms with Gasteiger partial charge in [0.05, 0.1) is 13.2 Å². The van der Waals surface area contributed by atoms with Gasteiger partial charge >= 0.3 is 0 Å². The summed E-state index contributed by atoms with van der Waals surface area (Å²) in [6.45, 7) is 4.82. The molecule has 25 heavy (non-hydrogen) atoms. The summed E-state index contributed by atoms with van der Waals surface area (Å²) in [5.74, 6) is 1.72. The maximum atomic E-state index is 8.88. The van der Waals surface area contributed by atoms with Crippen LogP contribution in [0.15, 0.2) is 48.5 Å². The Balaban J connectivity index is 0.000000399. The standard InChI is InChI=1S/2C8H10O3.C3H8/c2*9-5-6-11-8-3-1-7(10)2-4-8;1-3-2/h2*1-4,9-10H,5-6H2;3H2,1-2H3. The molecule has 0 aromatic heterocycles. The van der Waals surface area contributed by atoms with Crippen LogP contribution in [0.3, 0.4) is 0 Å². The second-order valence-electron chi connectivity index (χ2n) is 4.84. The van der Waals surface area contributed by atoms with Crippen molar-refractivity contribution < 1.29 is 29.9 Å². The zero-order valence-corrected chi connectivity index (χ0v) is 14.8. The van der Waals surface area contributed by atoms with Crippen molar-refractivity contribution in [1.82, 2.24) is 0 Å². The summed E-state index contributed by atoms with van der Waals surface area (Å²) in [6.07, 6.45) is 1.25. The van der Waals surface area contributed by atoms with E-state index in [1.807, 2.05) is 0 Å². The van der Waals surface area contributed by atoms with E-state index in [1.165, 1.54) is 30.7 Å². The number of phenols is 2. The van der Waals surface area contributed by atoms with E-state index < -0.39 is 0 Å². The van der Waals surface area contributed by atoms with Gasteiger partial charge in [0, 0.05) is 0 Å². The molecular weight excluding hydrogens is 324 g/mol. The smallest absolute Gasteiger partial charge is 0.119 e. The first-order chi connectivity index (χ1) is 12.1. The Labute approximate surface area is 148 Å².